The summed E-state index contributed by atoms with van der Waals surface area (Å²) in [5, 5.41) is 13.4. The number of nitrogens with zero attached hydrogens (tertiary/aromatic N) is 3. The second-order valence-corrected chi connectivity index (χ2v) is 5.56. The summed E-state index contributed by atoms with van der Waals surface area (Å²) in [6, 6.07) is 5.05. The van der Waals surface area contributed by atoms with Crippen LogP contribution in [-0.2, 0) is 6.18 Å². The molecule has 1 fully saturated rings. The molecule has 25 heavy (non-hydrogen) atoms. The van der Waals surface area contributed by atoms with Crippen molar-refractivity contribution in [3.63, 3.8) is 0 Å². The van der Waals surface area contributed by atoms with Gasteiger partial charge >= 0.3 is 6.18 Å². The van der Waals surface area contributed by atoms with Gasteiger partial charge in [0.05, 0.1) is 17.4 Å². The molecule has 136 valence electrons. The minimum atomic E-state index is -4.51. The molecule has 10 heteroatoms. The molecular formula is C15H17ClF3N5O. The van der Waals surface area contributed by atoms with E-state index in [0.717, 1.165) is 36.7 Å². The van der Waals surface area contributed by atoms with Gasteiger partial charge in [-0.25, -0.2) is 4.68 Å². The lowest BCUT2D eigenvalue weighted by Gasteiger charge is -2.23. The van der Waals surface area contributed by atoms with Gasteiger partial charge in [-0.3, -0.25) is 4.79 Å². The number of carbonyl (C=O) groups is 1. The molecule has 0 radical (unpaired) electrons. The maximum Gasteiger partial charge on any atom is 0.418 e. The quantitative estimate of drug-likeness (QED) is 0.862. The monoisotopic (exact) mass is 375 g/mol. The SMILES string of the molecule is Cl.O=C(NC1CCNCC1)c1cn(-c2ccccc2C(F)(F)F)nn1. The van der Waals surface area contributed by atoms with E-state index in [1.54, 1.807) is 0 Å². The third-order valence-electron chi connectivity index (χ3n) is 3.86. The number of benzene rings is 1. The second kappa shape index (κ2) is 7.83. The average molecular weight is 376 g/mol. The minimum absolute atomic E-state index is 0. The van der Waals surface area contributed by atoms with Gasteiger partial charge in [0, 0.05) is 6.04 Å². The third kappa shape index (κ3) is 4.49. The Balaban J connectivity index is 0.00000225. The number of hydrogen-bond donors (Lipinski definition) is 2. The normalized spacial score (nSPS) is 15.5. The third-order valence-corrected chi connectivity index (χ3v) is 3.86. The first-order chi connectivity index (χ1) is 11.4. The van der Waals surface area contributed by atoms with Gasteiger partial charge < -0.3 is 10.6 Å². The van der Waals surface area contributed by atoms with E-state index in [1.807, 2.05) is 0 Å². The van der Waals surface area contributed by atoms with Crippen molar-refractivity contribution >= 4 is 18.3 Å². The molecular weight excluding hydrogens is 359 g/mol. The lowest BCUT2D eigenvalue weighted by molar-refractivity contribution is -0.137. The largest absolute Gasteiger partial charge is 0.418 e. The van der Waals surface area contributed by atoms with Crippen LogP contribution in [-0.4, -0.2) is 40.0 Å². The standard InChI is InChI=1S/C15H16F3N5O.ClH/c16-15(17,18)11-3-1-2-4-13(11)23-9-12(21-22-23)14(24)20-10-5-7-19-8-6-10;/h1-4,9-10,19H,5-8H2,(H,20,24);1H. The summed E-state index contributed by atoms with van der Waals surface area (Å²) in [6.45, 7) is 1.63. The van der Waals surface area contributed by atoms with E-state index in [4.69, 9.17) is 0 Å². The Morgan fingerprint density at radius 1 is 1.24 bits per heavy atom. The van der Waals surface area contributed by atoms with Crippen LogP contribution in [0.4, 0.5) is 13.2 Å². The Morgan fingerprint density at radius 3 is 2.60 bits per heavy atom. The smallest absolute Gasteiger partial charge is 0.348 e. The number of para-hydroxylation sites is 1. The highest BCUT2D eigenvalue weighted by atomic mass is 35.5. The maximum atomic E-state index is 13.1. The summed E-state index contributed by atoms with van der Waals surface area (Å²) >= 11 is 0. The Bertz CT molecular complexity index is 728. The molecule has 0 bridgehead atoms. The average Bonchev–Trinajstić information content (AvgIpc) is 3.05. The topological polar surface area (TPSA) is 71.8 Å². The van der Waals surface area contributed by atoms with E-state index < -0.39 is 17.6 Å². The number of rotatable bonds is 3. The van der Waals surface area contributed by atoms with Gasteiger partial charge in [0.2, 0.25) is 0 Å². The van der Waals surface area contributed by atoms with Crippen molar-refractivity contribution in [1.82, 2.24) is 25.6 Å². The van der Waals surface area contributed by atoms with Crippen molar-refractivity contribution in [2.24, 2.45) is 0 Å². The molecule has 3 rings (SSSR count). The van der Waals surface area contributed by atoms with Gasteiger partial charge in [-0.15, -0.1) is 17.5 Å². The molecule has 1 amide bonds. The Labute approximate surface area is 148 Å². The molecule has 0 spiro atoms. The van der Waals surface area contributed by atoms with Crippen LogP contribution >= 0.6 is 12.4 Å². The Hall–Kier alpha value is -2.13. The highest BCUT2D eigenvalue weighted by Gasteiger charge is 2.34. The van der Waals surface area contributed by atoms with E-state index in [0.29, 0.717) is 0 Å². The van der Waals surface area contributed by atoms with Crippen molar-refractivity contribution in [2.75, 3.05) is 13.1 Å². The summed E-state index contributed by atoms with van der Waals surface area (Å²) in [7, 11) is 0. The van der Waals surface area contributed by atoms with Crippen LogP contribution in [0.1, 0.15) is 28.9 Å². The molecule has 1 aromatic heterocycles. The highest BCUT2D eigenvalue weighted by molar-refractivity contribution is 5.92. The number of aromatic nitrogens is 3. The predicted octanol–water partition coefficient (Wildman–Crippen LogP) is 2.19. The predicted molar refractivity (Wildman–Crippen MR) is 87.0 cm³/mol. The van der Waals surface area contributed by atoms with Gasteiger partial charge in [0.25, 0.3) is 5.91 Å². The molecule has 1 aliphatic rings. The van der Waals surface area contributed by atoms with E-state index in [-0.39, 0.29) is 29.8 Å². The number of nitrogens with one attached hydrogen (secondary N) is 2. The van der Waals surface area contributed by atoms with Crippen molar-refractivity contribution in [3.8, 4) is 5.69 Å². The summed E-state index contributed by atoms with van der Waals surface area (Å²) in [4.78, 5) is 12.2. The molecule has 0 atom stereocenters. The molecule has 0 unspecified atom stereocenters. The van der Waals surface area contributed by atoms with E-state index in [9.17, 15) is 18.0 Å². The number of carbonyl (C=O) groups excluding carboxylic acids is 1. The molecule has 1 aliphatic heterocycles. The molecule has 2 N–H and O–H groups in total. The number of hydrogen-bond acceptors (Lipinski definition) is 4. The van der Waals surface area contributed by atoms with Gasteiger partial charge in [0.15, 0.2) is 5.69 Å². The zero-order chi connectivity index (χ0) is 17.2. The van der Waals surface area contributed by atoms with Crippen molar-refractivity contribution in [2.45, 2.75) is 25.1 Å². The minimum Gasteiger partial charge on any atom is -0.348 e. The Morgan fingerprint density at radius 2 is 1.92 bits per heavy atom. The number of amides is 1. The van der Waals surface area contributed by atoms with Crippen molar-refractivity contribution < 1.29 is 18.0 Å². The first-order valence-electron chi connectivity index (χ1n) is 7.55. The molecule has 1 saturated heterocycles. The summed E-state index contributed by atoms with van der Waals surface area (Å²) in [5.41, 5.74) is -1.01. The van der Waals surface area contributed by atoms with Gasteiger partial charge in [-0.05, 0) is 38.1 Å². The van der Waals surface area contributed by atoms with Crippen LogP contribution in [0.25, 0.3) is 5.69 Å². The fraction of sp³-hybridized carbons (Fsp3) is 0.400. The first kappa shape index (κ1) is 19.2. The summed E-state index contributed by atoms with van der Waals surface area (Å²) in [5.74, 6) is -0.433. The fourth-order valence-electron chi connectivity index (χ4n) is 2.62. The van der Waals surface area contributed by atoms with Crippen LogP contribution in [0.2, 0.25) is 0 Å². The van der Waals surface area contributed by atoms with E-state index in [2.05, 4.69) is 20.9 Å². The molecule has 6 nitrogen and oxygen atoms in total. The first-order valence-corrected chi connectivity index (χ1v) is 7.55. The van der Waals surface area contributed by atoms with Gasteiger partial charge in [0.1, 0.15) is 0 Å². The summed E-state index contributed by atoms with van der Waals surface area (Å²) in [6.07, 6.45) is -1.70. The lowest BCUT2D eigenvalue weighted by atomic mass is 10.1. The van der Waals surface area contributed by atoms with Crippen LogP contribution in [0.3, 0.4) is 0 Å². The highest BCUT2D eigenvalue weighted by Crippen LogP contribution is 2.33. The molecule has 1 aromatic carbocycles. The number of alkyl halides is 3. The second-order valence-electron chi connectivity index (χ2n) is 5.56. The van der Waals surface area contributed by atoms with E-state index >= 15 is 0 Å². The van der Waals surface area contributed by atoms with E-state index in [1.165, 1.54) is 24.4 Å². The lowest BCUT2D eigenvalue weighted by Crippen LogP contribution is -2.42. The molecule has 2 aromatic rings. The maximum absolute atomic E-state index is 13.1. The van der Waals surface area contributed by atoms with Crippen LogP contribution in [0.15, 0.2) is 30.5 Å². The molecule has 2 heterocycles. The zero-order valence-corrected chi connectivity index (χ0v) is 13.9. The van der Waals surface area contributed by atoms with Crippen molar-refractivity contribution in [1.29, 1.82) is 0 Å². The Kier molecular flexibility index (Phi) is 6.02. The summed E-state index contributed by atoms with van der Waals surface area (Å²) < 4.78 is 40.2. The van der Waals surface area contributed by atoms with Crippen molar-refractivity contribution in [3.05, 3.63) is 41.7 Å². The van der Waals surface area contributed by atoms with Crippen LogP contribution < -0.4 is 10.6 Å². The number of piperidine rings is 1. The zero-order valence-electron chi connectivity index (χ0n) is 13.1. The molecule has 0 saturated carbocycles. The fourth-order valence-corrected chi connectivity index (χ4v) is 2.62. The van der Waals surface area contributed by atoms with Crippen LogP contribution in [0, 0.1) is 0 Å². The molecule has 0 aliphatic carbocycles. The van der Waals surface area contributed by atoms with Gasteiger partial charge in [-0.2, -0.15) is 13.2 Å². The van der Waals surface area contributed by atoms with Gasteiger partial charge in [-0.1, -0.05) is 17.3 Å². The van der Waals surface area contributed by atoms with Crippen LogP contribution in [0.5, 0.6) is 0 Å². The number of halogens is 4.